The fourth-order valence-electron chi connectivity index (χ4n) is 3.38. The summed E-state index contributed by atoms with van der Waals surface area (Å²) in [4.78, 5) is 14.5. The van der Waals surface area contributed by atoms with Crippen LogP contribution in [0.4, 0.5) is 0 Å². The lowest BCUT2D eigenvalue weighted by Gasteiger charge is -2.28. The van der Waals surface area contributed by atoms with Gasteiger partial charge in [-0.25, -0.2) is 0 Å². The average Bonchev–Trinajstić information content (AvgIpc) is 2.91. The third-order valence-corrected chi connectivity index (χ3v) is 4.61. The highest BCUT2D eigenvalue weighted by atomic mass is 16.5. The Morgan fingerprint density at radius 1 is 1.00 bits per heavy atom. The van der Waals surface area contributed by atoms with Crippen molar-refractivity contribution >= 4 is 5.91 Å². The van der Waals surface area contributed by atoms with Crippen LogP contribution in [0.3, 0.4) is 0 Å². The van der Waals surface area contributed by atoms with Crippen molar-refractivity contribution in [2.45, 2.75) is 51.5 Å². The Bertz CT molecular complexity index is 641. The maximum absolute atomic E-state index is 12.5. The number of benzene rings is 2. The molecule has 2 atom stereocenters. The van der Waals surface area contributed by atoms with Crippen molar-refractivity contribution in [1.29, 1.82) is 0 Å². The van der Waals surface area contributed by atoms with E-state index in [1.807, 2.05) is 41.3 Å². The molecule has 0 radical (unpaired) electrons. The van der Waals surface area contributed by atoms with Crippen LogP contribution in [0, 0.1) is 0 Å². The van der Waals surface area contributed by atoms with Crippen LogP contribution in [0.25, 0.3) is 0 Å². The Balaban J connectivity index is 1.67. The molecule has 0 saturated carbocycles. The number of nitrogens with zero attached hydrogens (tertiary/aromatic N) is 1. The quantitative estimate of drug-likeness (QED) is 0.765. The van der Waals surface area contributed by atoms with Gasteiger partial charge in [0.2, 0.25) is 5.91 Å². The number of hydrogen-bond donors (Lipinski definition) is 0. The van der Waals surface area contributed by atoms with E-state index in [0.717, 1.165) is 18.4 Å². The molecule has 0 aliphatic carbocycles. The van der Waals surface area contributed by atoms with Crippen LogP contribution >= 0.6 is 0 Å². The van der Waals surface area contributed by atoms with Gasteiger partial charge in [0.1, 0.15) is 0 Å². The van der Waals surface area contributed by atoms with Gasteiger partial charge in [0.15, 0.2) is 0 Å². The van der Waals surface area contributed by atoms with Crippen molar-refractivity contribution in [3.8, 4) is 0 Å². The summed E-state index contributed by atoms with van der Waals surface area (Å²) in [6.45, 7) is 3.41. The minimum atomic E-state index is -0.0126. The minimum absolute atomic E-state index is 0.0126. The van der Waals surface area contributed by atoms with Gasteiger partial charge >= 0.3 is 0 Å². The molecule has 3 heteroatoms. The topological polar surface area (TPSA) is 29.5 Å². The molecular formula is C21H25NO2. The van der Waals surface area contributed by atoms with E-state index < -0.39 is 0 Å². The van der Waals surface area contributed by atoms with E-state index in [9.17, 15) is 4.79 Å². The standard InChI is InChI=1S/C21H25NO2/c1-2-9-19-20(24-16-18-12-7-4-8-13-18)14-21(23)22(19)15-17-10-5-3-6-11-17/h3-8,10-13,19-20H,2,9,14-16H2,1H3/t19-,20-/m0/s1. The van der Waals surface area contributed by atoms with Crippen molar-refractivity contribution in [3.63, 3.8) is 0 Å². The monoisotopic (exact) mass is 323 g/mol. The van der Waals surface area contributed by atoms with E-state index in [-0.39, 0.29) is 18.1 Å². The molecule has 0 N–H and O–H groups in total. The molecule has 0 spiro atoms. The minimum Gasteiger partial charge on any atom is -0.371 e. The fourth-order valence-corrected chi connectivity index (χ4v) is 3.38. The second-order valence-corrected chi connectivity index (χ2v) is 6.40. The van der Waals surface area contributed by atoms with Crippen LogP contribution in [-0.2, 0) is 22.7 Å². The van der Waals surface area contributed by atoms with Gasteiger partial charge in [0.25, 0.3) is 0 Å². The van der Waals surface area contributed by atoms with Gasteiger partial charge in [-0.2, -0.15) is 0 Å². The van der Waals surface area contributed by atoms with E-state index in [2.05, 4.69) is 31.2 Å². The van der Waals surface area contributed by atoms with E-state index in [1.54, 1.807) is 0 Å². The Kier molecular flexibility index (Phi) is 5.65. The molecule has 1 heterocycles. The predicted octanol–water partition coefficient (Wildman–Crippen LogP) is 4.17. The maximum Gasteiger partial charge on any atom is 0.225 e. The molecule has 3 rings (SSSR count). The molecule has 1 saturated heterocycles. The first-order chi connectivity index (χ1) is 11.8. The van der Waals surface area contributed by atoms with Gasteiger partial charge in [-0.1, -0.05) is 74.0 Å². The Morgan fingerprint density at radius 2 is 1.62 bits per heavy atom. The zero-order chi connectivity index (χ0) is 16.8. The van der Waals surface area contributed by atoms with Crippen molar-refractivity contribution in [3.05, 3.63) is 71.8 Å². The summed E-state index contributed by atoms with van der Waals surface area (Å²) in [5.41, 5.74) is 2.33. The summed E-state index contributed by atoms with van der Waals surface area (Å²) < 4.78 is 6.13. The highest BCUT2D eigenvalue weighted by molar-refractivity contribution is 5.79. The lowest BCUT2D eigenvalue weighted by atomic mass is 10.1. The number of rotatable bonds is 7. The van der Waals surface area contributed by atoms with Gasteiger partial charge in [-0.05, 0) is 17.5 Å². The van der Waals surface area contributed by atoms with Crippen LogP contribution in [-0.4, -0.2) is 23.0 Å². The molecule has 126 valence electrons. The summed E-state index contributed by atoms with van der Waals surface area (Å²) >= 11 is 0. The fraction of sp³-hybridized carbons (Fsp3) is 0.381. The molecule has 1 amide bonds. The molecule has 3 nitrogen and oxygen atoms in total. The summed E-state index contributed by atoms with van der Waals surface area (Å²) in [7, 11) is 0. The molecule has 2 aromatic carbocycles. The number of carbonyl (C=O) groups excluding carboxylic acids is 1. The van der Waals surface area contributed by atoms with Crippen LogP contribution < -0.4 is 0 Å². The number of hydrogen-bond acceptors (Lipinski definition) is 2. The summed E-state index contributed by atoms with van der Waals surface area (Å²) in [5, 5.41) is 0. The van der Waals surface area contributed by atoms with Crippen molar-refractivity contribution in [2.75, 3.05) is 0 Å². The Morgan fingerprint density at radius 3 is 2.25 bits per heavy atom. The molecule has 0 aromatic heterocycles. The van der Waals surface area contributed by atoms with Gasteiger partial charge in [-0.15, -0.1) is 0 Å². The van der Waals surface area contributed by atoms with Crippen molar-refractivity contribution in [1.82, 2.24) is 4.90 Å². The first-order valence-corrected chi connectivity index (χ1v) is 8.77. The molecule has 24 heavy (non-hydrogen) atoms. The van der Waals surface area contributed by atoms with Crippen LogP contribution in [0.5, 0.6) is 0 Å². The Labute approximate surface area is 144 Å². The van der Waals surface area contributed by atoms with E-state index >= 15 is 0 Å². The van der Waals surface area contributed by atoms with Crippen molar-refractivity contribution in [2.24, 2.45) is 0 Å². The number of amides is 1. The van der Waals surface area contributed by atoms with E-state index in [0.29, 0.717) is 19.6 Å². The Hall–Kier alpha value is -2.13. The summed E-state index contributed by atoms with van der Waals surface area (Å²) in [6, 6.07) is 20.5. The van der Waals surface area contributed by atoms with Gasteiger partial charge in [-0.3, -0.25) is 4.79 Å². The lowest BCUT2D eigenvalue weighted by Crippen LogP contribution is -2.37. The highest BCUT2D eigenvalue weighted by Gasteiger charge is 2.39. The first-order valence-electron chi connectivity index (χ1n) is 8.77. The van der Waals surface area contributed by atoms with Crippen LogP contribution in [0.15, 0.2) is 60.7 Å². The summed E-state index contributed by atoms with van der Waals surface area (Å²) in [5.74, 6) is 0.204. The van der Waals surface area contributed by atoms with Gasteiger partial charge in [0.05, 0.1) is 25.2 Å². The first kappa shape index (κ1) is 16.7. The molecule has 0 unspecified atom stereocenters. The van der Waals surface area contributed by atoms with E-state index in [1.165, 1.54) is 5.56 Å². The normalized spacial score (nSPS) is 20.5. The number of carbonyl (C=O) groups is 1. The smallest absolute Gasteiger partial charge is 0.225 e. The van der Waals surface area contributed by atoms with Crippen LogP contribution in [0.1, 0.15) is 37.3 Å². The summed E-state index contributed by atoms with van der Waals surface area (Å²) in [6.07, 6.45) is 2.51. The maximum atomic E-state index is 12.5. The van der Waals surface area contributed by atoms with Crippen LogP contribution in [0.2, 0.25) is 0 Å². The van der Waals surface area contributed by atoms with Gasteiger partial charge < -0.3 is 9.64 Å². The number of ether oxygens (including phenoxy) is 1. The third kappa shape index (κ3) is 4.04. The highest BCUT2D eigenvalue weighted by Crippen LogP contribution is 2.28. The number of likely N-dealkylation sites (tertiary alicyclic amines) is 1. The zero-order valence-electron chi connectivity index (χ0n) is 14.2. The second kappa shape index (κ2) is 8.11. The molecule has 1 fully saturated rings. The molecule has 0 bridgehead atoms. The molecular weight excluding hydrogens is 298 g/mol. The second-order valence-electron chi connectivity index (χ2n) is 6.40. The zero-order valence-corrected chi connectivity index (χ0v) is 14.2. The molecule has 1 aliphatic heterocycles. The molecule has 1 aliphatic rings. The third-order valence-electron chi connectivity index (χ3n) is 4.61. The predicted molar refractivity (Wildman–Crippen MR) is 95.3 cm³/mol. The molecule has 2 aromatic rings. The average molecular weight is 323 g/mol. The van der Waals surface area contributed by atoms with Gasteiger partial charge in [0, 0.05) is 6.54 Å². The van der Waals surface area contributed by atoms with E-state index in [4.69, 9.17) is 4.74 Å². The van der Waals surface area contributed by atoms with Crippen molar-refractivity contribution < 1.29 is 9.53 Å². The SMILES string of the molecule is CCC[C@H]1[C@@H](OCc2ccccc2)CC(=O)N1Cc1ccccc1. The largest absolute Gasteiger partial charge is 0.371 e. The lowest BCUT2D eigenvalue weighted by molar-refractivity contribution is -0.129.